The van der Waals surface area contributed by atoms with E-state index in [1.165, 1.54) is 19.4 Å². The number of likely N-dealkylation sites (tertiary alicyclic amines) is 1. The molecule has 0 amide bonds. The van der Waals surface area contributed by atoms with Gasteiger partial charge in [0.15, 0.2) is 5.96 Å². The van der Waals surface area contributed by atoms with Gasteiger partial charge in [0.1, 0.15) is 0 Å². The van der Waals surface area contributed by atoms with Gasteiger partial charge in [-0.1, -0.05) is 13.8 Å². The molecule has 2 heterocycles. The van der Waals surface area contributed by atoms with Crippen LogP contribution in [0, 0.1) is 5.92 Å². The molecule has 124 valence electrons. The van der Waals surface area contributed by atoms with E-state index in [0.717, 1.165) is 51.2 Å². The summed E-state index contributed by atoms with van der Waals surface area (Å²) in [5.74, 6) is 1.76. The first-order valence-electron chi connectivity index (χ1n) is 7.98. The minimum absolute atomic E-state index is 0. The Kier molecular flexibility index (Phi) is 8.89. The fourth-order valence-electron chi connectivity index (χ4n) is 3.05. The first kappa shape index (κ1) is 19.0. The van der Waals surface area contributed by atoms with Crippen LogP contribution in [-0.4, -0.2) is 74.8 Å². The van der Waals surface area contributed by atoms with Gasteiger partial charge in [-0.25, -0.2) is 0 Å². The van der Waals surface area contributed by atoms with E-state index in [0.29, 0.717) is 0 Å². The van der Waals surface area contributed by atoms with Crippen molar-refractivity contribution in [3.8, 4) is 0 Å². The Morgan fingerprint density at radius 1 is 1.29 bits per heavy atom. The van der Waals surface area contributed by atoms with E-state index in [-0.39, 0.29) is 30.1 Å². The lowest BCUT2D eigenvalue weighted by molar-refractivity contribution is -0.0286. The van der Waals surface area contributed by atoms with E-state index in [1.807, 2.05) is 7.05 Å². The first-order valence-corrected chi connectivity index (χ1v) is 7.98. The van der Waals surface area contributed by atoms with E-state index < -0.39 is 0 Å². The highest BCUT2D eigenvalue weighted by atomic mass is 127. The minimum atomic E-state index is 0. The third-order valence-corrected chi connectivity index (χ3v) is 3.95. The van der Waals surface area contributed by atoms with Gasteiger partial charge in [0, 0.05) is 46.3 Å². The monoisotopic (exact) mass is 410 g/mol. The number of nitrogens with one attached hydrogen (secondary N) is 1. The molecule has 2 aliphatic heterocycles. The highest BCUT2D eigenvalue weighted by Gasteiger charge is 2.22. The van der Waals surface area contributed by atoms with Gasteiger partial charge in [-0.15, -0.1) is 24.0 Å². The average molecular weight is 410 g/mol. The molecule has 0 aromatic carbocycles. The zero-order chi connectivity index (χ0) is 14.4. The van der Waals surface area contributed by atoms with Crippen LogP contribution in [0.1, 0.15) is 26.7 Å². The first-order chi connectivity index (χ1) is 9.69. The van der Waals surface area contributed by atoms with Crippen molar-refractivity contribution in [2.75, 3.05) is 52.9 Å². The molecule has 21 heavy (non-hydrogen) atoms. The normalized spacial score (nSPS) is 24.3. The Bertz CT molecular complexity index is 319. The molecule has 0 saturated carbocycles. The largest absolute Gasteiger partial charge is 0.374 e. The van der Waals surface area contributed by atoms with E-state index >= 15 is 0 Å². The number of ether oxygens (including phenoxy) is 1. The second-order valence-corrected chi connectivity index (χ2v) is 6.27. The van der Waals surface area contributed by atoms with Crippen molar-refractivity contribution < 1.29 is 4.74 Å². The highest BCUT2D eigenvalue weighted by molar-refractivity contribution is 14.0. The molecule has 1 unspecified atom stereocenters. The van der Waals surface area contributed by atoms with Crippen molar-refractivity contribution >= 4 is 29.9 Å². The predicted molar refractivity (Wildman–Crippen MR) is 98.6 cm³/mol. The molecule has 0 radical (unpaired) electrons. The van der Waals surface area contributed by atoms with Gasteiger partial charge in [-0.3, -0.25) is 9.89 Å². The summed E-state index contributed by atoms with van der Waals surface area (Å²) >= 11 is 0. The van der Waals surface area contributed by atoms with Gasteiger partial charge in [-0.2, -0.15) is 0 Å². The average Bonchev–Trinajstić information content (AvgIpc) is 2.93. The molecule has 2 fully saturated rings. The van der Waals surface area contributed by atoms with Crippen LogP contribution in [0.2, 0.25) is 0 Å². The number of halogens is 1. The molecule has 1 N–H and O–H groups in total. The summed E-state index contributed by atoms with van der Waals surface area (Å²) in [5.41, 5.74) is 0. The molecule has 2 rings (SSSR count). The van der Waals surface area contributed by atoms with Gasteiger partial charge in [0.25, 0.3) is 0 Å². The van der Waals surface area contributed by atoms with Crippen LogP contribution in [0.15, 0.2) is 4.99 Å². The van der Waals surface area contributed by atoms with Crippen LogP contribution in [0.5, 0.6) is 0 Å². The fraction of sp³-hybridized carbons (Fsp3) is 0.933. The second kappa shape index (κ2) is 9.84. The Balaban J connectivity index is 0.00000220. The molecular weight excluding hydrogens is 379 g/mol. The maximum absolute atomic E-state index is 5.87. The van der Waals surface area contributed by atoms with Crippen molar-refractivity contribution in [3.05, 3.63) is 0 Å². The van der Waals surface area contributed by atoms with Crippen molar-refractivity contribution in [1.29, 1.82) is 0 Å². The Labute approximate surface area is 146 Å². The summed E-state index contributed by atoms with van der Waals surface area (Å²) in [6, 6.07) is 0. The van der Waals surface area contributed by atoms with E-state index in [4.69, 9.17) is 4.74 Å². The lowest BCUT2D eigenvalue weighted by Gasteiger charge is -2.34. The van der Waals surface area contributed by atoms with Crippen LogP contribution in [0.4, 0.5) is 0 Å². The Morgan fingerprint density at radius 3 is 2.62 bits per heavy atom. The summed E-state index contributed by atoms with van der Waals surface area (Å²) in [6.07, 6.45) is 2.84. The molecule has 6 heteroatoms. The maximum Gasteiger partial charge on any atom is 0.193 e. The van der Waals surface area contributed by atoms with Crippen molar-refractivity contribution in [1.82, 2.24) is 15.1 Å². The summed E-state index contributed by atoms with van der Waals surface area (Å²) < 4.78 is 5.87. The number of rotatable bonds is 4. The third-order valence-electron chi connectivity index (χ3n) is 3.95. The highest BCUT2D eigenvalue weighted by Crippen LogP contribution is 2.09. The SMILES string of the molecule is CN=C(NCC1CN(CC(C)C)CCO1)N1CCCC1.I. The maximum atomic E-state index is 5.87. The summed E-state index contributed by atoms with van der Waals surface area (Å²) in [6.45, 7) is 11.8. The lowest BCUT2D eigenvalue weighted by Crippen LogP contribution is -2.50. The molecule has 0 aromatic heterocycles. The van der Waals surface area contributed by atoms with Gasteiger partial charge in [0.2, 0.25) is 0 Å². The molecule has 1 atom stereocenters. The molecule has 2 aliphatic rings. The number of morpholine rings is 1. The van der Waals surface area contributed by atoms with Crippen LogP contribution in [0.3, 0.4) is 0 Å². The molecule has 0 aromatic rings. The number of nitrogens with zero attached hydrogens (tertiary/aromatic N) is 3. The second-order valence-electron chi connectivity index (χ2n) is 6.27. The van der Waals surface area contributed by atoms with E-state index in [9.17, 15) is 0 Å². The van der Waals surface area contributed by atoms with Crippen LogP contribution in [-0.2, 0) is 4.74 Å². The van der Waals surface area contributed by atoms with Gasteiger partial charge < -0.3 is 15.0 Å². The smallest absolute Gasteiger partial charge is 0.193 e. The standard InChI is InChI=1S/C15H30N4O.HI/c1-13(2)11-18-8-9-20-14(12-18)10-17-15(16-3)19-6-4-5-7-19;/h13-14H,4-12H2,1-3H3,(H,16,17);1H. The fourth-order valence-corrected chi connectivity index (χ4v) is 3.05. The summed E-state index contributed by atoms with van der Waals surface area (Å²) in [4.78, 5) is 9.24. The zero-order valence-corrected chi connectivity index (χ0v) is 16.0. The predicted octanol–water partition coefficient (Wildman–Crippen LogP) is 1.63. The third kappa shape index (κ3) is 6.28. The molecule has 5 nitrogen and oxygen atoms in total. The minimum Gasteiger partial charge on any atom is -0.374 e. The number of hydrogen-bond acceptors (Lipinski definition) is 3. The number of aliphatic imine (C=N–C) groups is 1. The lowest BCUT2D eigenvalue weighted by atomic mass is 10.2. The molecule has 0 spiro atoms. The van der Waals surface area contributed by atoms with Gasteiger partial charge in [0.05, 0.1) is 12.7 Å². The van der Waals surface area contributed by atoms with E-state index in [1.54, 1.807) is 0 Å². The molecule has 2 saturated heterocycles. The van der Waals surface area contributed by atoms with Gasteiger partial charge in [-0.05, 0) is 18.8 Å². The molecule has 0 bridgehead atoms. The molecular formula is C15H31IN4O. The summed E-state index contributed by atoms with van der Waals surface area (Å²) in [7, 11) is 1.87. The molecule has 0 aliphatic carbocycles. The number of guanidine groups is 1. The quantitative estimate of drug-likeness (QED) is 0.435. The van der Waals surface area contributed by atoms with Crippen molar-refractivity contribution in [2.24, 2.45) is 10.9 Å². The number of hydrogen-bond donors (Lipinski definition) is 1. The summed E-state index contributed by atoms with van der Waals surface area (Å²) in [5, 5.41) is 3.48. The van der Waals surface area contributed by atoms with Crippen molar-refractivity contribution in [2.45, 2.75) is 32.8 Å². The zero-order valence-electron chi connectivity index (χ0n) is 13.7. The van der Waals surface area contributed by atoms with Gasteiger partial charge >= 0.3 is 0 Å². The van der Waals surface area contributed by atoms with Crippen LogP contribution < -0.4 is 5.32 Å². The van der Waals surface area contributed by atoms with Crippen molar-refractivity contribution in [3.63, 3.8) is 0 Å². The Hall–Kier alpha value is -0.0800. The Morgan fingerprint density at radius 2 is 2.00 bits per heavy atom. The van der Waals surface area contributed by atoms with E-state index in [2.05, 4.69) is 34.0 Å². The van der Waals surface area contributed by atoms with Crippen LogP contribution in [0.25, 0.3) is 0 Å². The topological polar surface area (TPSA) is 40.1 Å². The van der Waals surface area contributed by atoms with Crippen LogP contribution >= 0.6 is 24.0 Å².